The topological polar surface area (TPSA) is 115 Å². The predicted octanol–water partition coefficient (Wildman–Crippen LogP) is 4.79. The molecule has 0 radical (unpaired) electrons. The Hall–Kier alpha value is -4.18. The summed E-state index contributed by atoms with van der Waals surface area (Å²) >= 11 is 1.30. The molecular formula is C29H31N3O6S. The lowest BCUT2D eigenvalue weighted by atomic mass is 10.1. The van der Waals surface area contributed by atoms with Crippen LogP contribution >= 0.6 is 11.3 Å². The van der Waals surface area contributed by atoms with Crippen molar-refractivity contribution in [3.63, 3.8) is 0 Å². The second-order valence-corrected chi connectivity index (χ2v) is 9.95. The van der Waals surface area contributed by atoms with Crippen LogP contribution in [0.4, 0.5) is 5.00 Å². The number of esters is 1. The number of nitrogens with one attached hydrogen (secondary N) is 2. The minimum Gasteiger partial charge on any atom is -0.490 e. The van der Waals surface area contributed by atoms with Gasteiger partial charge in [0, 0.05) is 4.88 Å². The Balaban J connectivity index is 1.37. The van der Waals surface area contributed by atoms with Crippen molar-refractivity contribution in [3.8, 4) is 11.5 Å². The number of rotatable bonds is 10. The van der Waals surface area contributed by atoms with Gasteiger partial charge in [-0.1, -0.05) is 29.8 Å². The fourth-order valence-corrected chi connectivity index (χ4v) is 5.40. The maximum absolute atomic E-state index is 12.5. The second-order valence-electron chi connectivity index (χ2n) is 8.85. The molecule has 2 amide bonds. The van der Waals surface area contributed by atoms with Crippen LogP contribution in [0.15, 0.2) is 47.6 Å². The van der Waals surface area contributed by atoms with Crippen molar-refractivity contribution >= 4 is 40.3 Å². The van der Waals surface area contributed by atoms with Gasteiger partial charge in [-0.05, 0) is 74.9 Å². The highest BCUT2D eigenvalue weighted by molar-refractivity contribution is 7.17. The van der Waals surface area contributed by atoms with E-state index in [1.54, 1.807) is 25.1 Å². The minimum absolute atomic E-state index is 0.219. The Bertz CT molecular complexity index is 1380. The van der Waals surface area contributed by atoms with E-state index < -0.39 is 17.8 Å². The van der Waals surface area contributed by atoms with E-state index in [1.165, 1.54) is 23.1 Å². The lowest BCUT2D eigenvalue weighted by molar-refractivity contribution is -0.136. The highest BCUT2D eigenvalue weighted by Crippen LogP contribution is 2.39. The smallest absolute Gasteiger partial charge is 0.341 e. The van der Waals surface area contributed by atoms with Gasteiger partial charge in [-0.25, -0.2) is 10.2 Å². The average Bonchev–Trinajstić information content (AvgIpc) is 3.50. The van der Waals surface area contributed by atoms with Crippen molar-refractivity contribution in [1.29, 1.82) is 0 Å². The molecule has 0 atom stereocenters. The van der Waals surface area contributed by atoms with E-state index in [0.717, 1.165) is 35.3 Å². The first-order valence-corrected chi connectivity index (χ1v) is 13.6. The number of benzene rings is 2. The standard InChI is InChI=1S/C29H31N3O6S/c1-4-36-23-15-20(13-14-22(23)38-17-19-11-9-18(3)10-12-19)16-30-32-27(34)26(33)31-28-25(29(35)37-5-2)21-7-6-8-24(21)39-28/h9-16H,4-8,17H2,1-3H3,(H,31,33)(H,32,34). The summed E-state index contributed by atoms with van der Waals surface area (Å²) < 4.78 is 16.8. The van der Waals surface area contributed by atoms with Gasteiger partial charge in [-0.15, -0.1) is 11.3 Å². The number of hydrazone groups is 1. The number of hydrogen-bond donors (Lipinski definition) is 2. The van der Waals surface area contributed by atoms with E-state index >= 15 is 0 Å². The molecule has 2 N–H and O–H groups in total. The van der Waals surface area contributed by atoms with Crippen LogP contribution in [0.25, 0.3) is 0 Å². The molecule has 204 valence electrons. The van der Waals surface area contributed by atoms with Crippen molar-refractivity contribution in [2.75, 3.05) is 18.5 Å². The van der Waals surface area contributed by atoms with Crippen LogP contribution in [0.1, 0.15) is 57.8 Å². The Labute approximate surface area is 231 Å². The van der Waals surface area contributed by atoms with E-state index in [-0.39, 0.29) is 6.61 Å². The zero-order chi connectivity index (χ0) is 27.8. The van der Waals surface area contributed by atoms with E-state index in [0.29, 0.717) is 40.8 Å². The molecule has 0 saturated heterocycles. The first-order chi connectivity index (χ1) is 18.9. The van der Waals surface area contributed by atoms with Crippen LogP contribution in [0.3, 0.4) is 0 Å². The summed E-state index contributed by atoms with van der Waals surface area (Å²) in [6.07, 6.45) is 3.92. The van der Waals surface area contributed by atoms with Gasteiger partial charge in [-0.3, -0.25) is 9.59 Å². The van der Waals surface area contributed by atoms with Gasteiger partial charge in [-0.2, -0.15) is 5.10 Å². The number of aryl methyl sites for hydroxylation is 2. The molecule has 39 heavy (non-hydrogen) atoms. The molecule has 4 rings (SSSR count). The number of carbonyl (C=O) groups is 3. The van der Waals surface area contributed by atoms with Gasteiger partial charge in [0.2, 0.25) is 0 Å². The van der Waals surface area contributed by atoms with Gasteiger partial charge < -0.3 is 19.5 Å². The monoisotopic (exact) mass is 549 g/mol. The SMILES string of the molecule is CCOC(=O)c1c(NC(=O)C(=O)NN=Cc2ccc(OCc3ccc(C)cc3)c(OCC)c2)sc2c1CCC2. The average molecular weight is 550 g/mol. The van der Waals surface area contributed by atoms with Crippen molar-refractivity contribution in [3.05, 3.63) is 75.2 Å². The predicted molar refractivity (Wildman–Crippen MR) is 150 cm³/mol. The van der Waals surface area contributed by atoms with Gasteiger partial charge in [0.1, 0.15) is 11.6 Å². The van der Waals surface area contributed by atoms with Crippen LogP contribution in [0.5, 0.6) is 11.5 Å². The van der Waals surface area contributed by atoms with Crippen LogP contribution < -0.4 is 20.2 Å². The van der Waals surface area contributed by atoms with Crippen LogP contribution in [0, 0.1) is 6.92 Å². The molecule has 2 aromatic carbocycles. The number of hydrogen-bond acceptors (Lipinski definition) is 8. The van der Waals surface area contributed by atoms with Crippen molar-refractivity contribution < 1.29 is 28.6 Å². The number of nitrogens with zero attached hydrogens (tertiary/aromatic N) is 1. The maximum atomic E-state index is 12.5. The molecule has 1 heterocycles. The number of carbonyl (C=O) groups excluding carboxylic acids is 3. The number of thiophene rings is 1. The molecular weight excluding hydrogens is 518 g/mol. The molecule has 10 heteroatoms. The quantitative estimate of drug-likeness (QED) is 0.163. The molecule has 1 aliphatic carbocycles. The molecule has 0 fully saturated rings. The zero-order valence-corrected chi connectivity index (χ0v) is 23.0. The van der Waals surface area contributed by atoms with Crippen molar-refractivity contribution in [1.82, 2.24) is 5.43 Å². The first kappa shape index (κ1) is 27.8. The van der Waals surface area contributed by atoms with Gasteiger partial charge in [0.25, 0.3) is 0 Å². The second kappa shape index (κ2) is 13.1. The maximum Gasteiger partial charge on any atom is 0.341 e. The van der Waals surface area contributed by atoms with Gasteiger partial charge in [0.05, 0.1) is 25.0 Å². The summed E-state index contributed by atoms with van der Waals surface area (Å²) in [6.45, 7) is 6.68. The molecule has 0 saturated carbocycles. The number of ether oxygens (including phenoxy) is 3. The third-order valence-electron chi connectivity index (χ3n) is 6.00. The first-order valence-electron chi connectivity index (χ1n) is 12.8. The lowest BCUT2D eigenvalue weighted by Crippen LogP contribution is -2.32. The van der Waals surface area contributed by atoms with Crippen LogP contribution in [0.2, 0.25) is 0 Å². The largest absolute Gasteiger partial charge is 0.490 e. The van der Waals surface area contributed by atoms with Gasteiger partial charge in [0.15, 0.2) is 11.5 Å². The number of anilines is 1. The number of amides is 2. The molecule has 0 aliphatic heterocycles. The third kappa shape index (κ3) is 7.02. The third-order valence-corrected chi connectivity index (χ3v) is 7.20. The summed E-state index contributed by atoms with van der Waals surface area (Å²) in [5, 5.41) is 6.78. The molecule has 0 spiro atoms. The summed E-state index contributed by atoms with van der Waals surface area (Å²) in [5.74, 6) is -1.26. The molecule has 9 nitrogen and oxygen atoms in total. The fraction of sp³-hybridized carbons (Fsp3) is 0.310. The minimum atomic E-state index is -0.960. The van der Waals surface area contributed by atoms with Gasteiger partial charge >= 0.3 is 17.8 Å². The number of fused-ring (bicyclic) bond motifs is 1. The molecule has 1 aliphatic rings. The molecule has 0 bridgehead atoms. The molecule has 3 aromatic rings. The lowest BCUT2D eigenvalue weighted by Gasteiger charge is -2.12. The fourth-order valence-electron chi connectivity index (χ4n) is 4.13. The van der Waals surface area contributed by atoms with Crippen molar-refractivity contribution in [2.24, 2.45) is 5.10 Å². The van der Waals surface area contributed by atoms with E-state index in [4.69, 9.17) is 14.2 Å². The highest BCUT2D eigenvalue weighted by atomic mass is 32.1. The summed E-state index contributed by atoms with van der Waals surface area (Å²) in [4.78, 5) is 38.4. The summed E-state index contributed by atoms with van der Waals surface area (Å²) in [5.41, 5.74) is 6.32. The summed E-state index contributed by atoms with van der Waals surface area (Å²) in [6, 6.07) is 13.4. The Morgan fingerprint density at radius 1 is 0.974 bits per heavy atom. The zero-order valence-electron chi connectivity index (χ0n) is 22.2. The summed E-state index contributed by atoms with van der Waals surface area (Å²) in [7, 11) is 0. The Morgan fingerprint density at radius 2 is 1.77 bits per heavy atom. The van der Waals surface area contributed by atoms with E-state index in [1.807, 2.05) is 38.1 Å². The van der Waals surface area contributed by atoms with Crippen LogP contribution in [-0.2, 0) is 33.8 Å². The highest BCUT2D eigenvalue weighted by Gasteiger charge is 2.29. The molecule has 0 unspecified atom stereocenters. The van der Waals surface area contributed by atoms with E-state index in [9.17, 15) is 14.4 Å². The van der Waals surface area contributed by atoms with Crippen molar-refractivity contribution in [2.45, 2.75) is 46.6 Å². The Kier molecular flexibility index (Phi) is 9.32. The molecule has 1 aromatic heterocycles. The van der Waals surface area contributed by atoms with E-state index in [2.05, 4.69) is 15.8 Å². The normalized spacial score (nSPS) is 12.2. The van der Waals surface area contributed by atoms with Crippen LogP contribution in [-0.4, -0.2) is 37.2 Å². The Morgan fingerprint density at radius 3 is 2.51 bits per heavy atom.